The highest BCUT2D eigenvalue weighted by molar-refractivity contribution is 7.89. The van der Waals surface area contributed by atoms with Crippen LogP contribution in [0, 0.1) is 0 Å². The topological polar surface area (TPSA) is 49.9 Å². The Hall–Kier alpha value is -1.63. The minimum absolute atomic E-state index is 0.365. The lowest BCUT2D eigenvalue weighted by Crippen LogP contribution is -2.48. The average molecular weight is 348 g/mol. The SMILES string of the molecule is CCOc1ccc2cc(S(=O)(=O)N3CCN(CC)CC3)ccc2c1. The largest absolute Gasteiger partial charge is 0.494 e. The van der Waals surface area contributed by atoms with Gasteiger partial charge in [0.05, 0.1) is 11.5 Å². The number of fused-ring (bicyclic) bond motifs is 1. The van der Waals surface area contributed by atoms with Crippen LogP contribution in [0.3, 0.4) is 0 Å². The summed E-state index contributed by atoms with van der Waals surface area (Å²) in [5.41, 5.74) is 0. The van der Waals surface area contributed by atoms with E-state index in [0.29, 0.717) is 24.6 Å². The van der Waals surface area contributed by atoms with Gasteiger partial charge in [-0.1, -0.05) is 19.1 Å². The third-order valence-electron chi connectivity index (χ3n) is 4.51. The first-order valence-electron chi connectivity index (χ1n) is 8.43. The van der Waals surface area contributed by atoms with Crippen LogP contribution in [0.1, 0.15) is 13.8 Å². The molecule has 5 nitrogen and oxygen atoms in total. The maximum atomic E-state index is 12.9. The third kappa shape index (κ3) is 3.41. The quantitative estimate of drug-likeness (QED) is 0.833. The molecular weight excluding hydrogens is 324 g/mol. The van der Waals surface area contributed by atoms with Gasteiger partial charge in [-0.2, -0.15) is 4.31 Å². The number of hydrogen-bond donors (Lipinski definition) is 0. The summed E-state index contributed by atoms with van der Waals surface area (Å²) >= 11 is 0. The smallest absolute Gasteiger partial charge is 0.243 e. The van der Waals surface area contributed by atoms with E-state index in [1.807, 2.05) is 31.2 Å². The van der Waals surface area contributed by atoms with Crippen LogP contribution >= 0.6 is 0 Å². The van der Waals surface area contributed by atoms with Crippen LogP contribution in [-0.4, -0.2) is 57.0 Å². The van der Waals surface area contributed by atoms with E-state index in [-0.39, 0.29) is 0 Å². The third-order valence-corrected chi connectivity index (χ3v) is 6.41. The molecule has 2 aromatic rings. The van der Waals surface area contributed by atoms with Crippen molar-refractivity contribution in [3.05, 3.63) is 36.4 Å². The number of rotatable bonds is 5. The van der Waals surface area contributed by atoms with E-state index >= 15 is 0 Å². The van der Waals surface area contributed by atoms with Crippen molar-refractivity contribution < 1.29 is 13.2 Å². The van der Waals surface area contributed by atoms with Crippen molar-refractivity contribution in [1.29, 1.82) is 0 Å². The number of likely N-dealkylation sites (N-methyl/N-ethyl adjacent to an activating group) is 1. The molecule has 0 aromatic heterocycles. The maximum absolute atomic E-state index is 12.9. The normalized spacial score (nSPS) is 17.2. The standard InChI is InChI=1S/C18H24N2O3S/c1-3-19-9-11-20(12-10-19)24(21,22)18-8-6-15-13-17(23-4-2)7-5-16(15)14-18/h5-8,13-14H,3-4,9-12H2,1-2H3. The first-order chi connectivity index (χ1) is 11.5. The second-order valence-electron chi connectivity index (χ2n) is 5.94. The zero-order valence-electron chi connectivity index (χ0n) is 14.2. The fourth-order valence-electron chi connectivity index (χ4n) is 3.05. The van der Waals surface area contributed by atoms with E-state index in [4.69, 9.17) is 4.74 Å². The van der Waals surface area contributed by atoms with Crippen molar-refractivity contribution in [1.82, 2.24) is 9.21 Å². The van der Waals surface area contributed by atoms with Crippen molar-refractivity contribution in [2.45, 2.75) is 18.7 Å². The molecule has 0 bridgehead atoms. The number of sulfonamides is 1. The second kappa shape index (κ2) is 7.09. The van der Waals surface area contributed by atoms with Gasteiger partial charge in [-0.3, -0.25) is 0 Å². The first kappa shape index (κ1) is 17.2. The van der Waals surface area contributed by atoms with Crippen LogP contribution in [0.25, 0.3) is 10.8 Å². The zero-order chi connectivity index (χ0) is 17.2. The zero-order valence-corrected chi connectivity index (χ0v) is 15.1. The van der Waals surface area contributed by atoms with Gasteiger partial charge in [0.25, 0.3) is 0 Å². The minimum atomic E-state index is -3.43. The lowest BCUT2D eigenvalue weighted by atomic mass is 10.1. The summed E-state index contributed by atoms with van der Waals surface area (Å²) in [7, 11) is -3.43. The molecule has 0 radical (unpaired) electrons. The molecule has 1 saturated heterocycles. The van der Waals surface area contributed by atoms with Crippen molar-refractivity contribution in [3.8, 4) is 5.75 Å². The van der Waals surface area contributed by atoms with E-state index in [0.717, 1.165) is 36.2 Å². The molecule has 1 aliphatic rings. The molecular formula is C18H24N2O3S. The highest BCUT2D eigenvalue weighted by atomic mass is 32.2. The number of piperazine rings is 1. The summed E-state index contributed by atoms with van der Waals surface area (Å²) < 4.78 is 32.8. The summed E-state index contributed by atoms with van der Waals surface area (Å²) in [6.45, 7) is 8.31. The van der Waals surface area contributed by atoms with Crippen LogP contribution < -0.4 is 4.74 Å². The van der Waals surface area contributed by atoms with Gasteiger partial charge in [-0.05, 0) is 48.5 Å². The van der Waals surface area contributed by atoms with Gasteiger partial charge in [0.2, 0.25) is 10.0 Å². The summed E-state index contributed by atoms with van der Waals surface area (Å²) in [5, 5.41) is 1.89. The summed E-state index contributed by atoms with van der Waals surface area (Å²) in [6.07, 6.45) is 0. The Bertz CT molecular complexity index is 812. The molecule has 3 rings (SSSR count). The molecule has 1 fully saturated rings. The Labute approximate surface area is 143 Å². The predicted molar refractivity (Wildman–Crippen MR) is 96.0 cm³/mol. The van der Waals surface area contributed by atoms with Crippen LogP contribution in [0.5, 0.6) is 5.75 Å². The number of nitrogens with zero attached hydrogens (tertiary/aromatic N) is 2. The van der Waals surface area contributed by atoms with Crippen LogP contribution in [0.15, 0.2) is 41.3 Å². The fraction of sp³-hybridized carbons (Fsp3) is 0.444. The second-order valence-corrected chi connectivity index (χ2v) is 7.88. The van der Waals surface area contributed by atoms with E-state index < -0.39 is 10.0 Å². The first-order valence-corrected chi connectivity index (χ1v) is 9.87. The van der Waals surface area contributed by atoms with Gasteiger partial charge in [0.15, 0.2) is 0 Å². The van der Waals surface area contributed by atoms with E-state index in [9.17, 15) is 8.42 Å². The molecule has 0 atom stereocenters. The van der Waals surface area contributed by atoms with E-state index in [2.05, 4.69) is 11.8 Å². The van der Waals surface area contributed by atoms with Crippen molar-refractivity contribution in [2.75, 3.05) is 39.3 Å². The Balaban J connectivity index is 1.87. The maximum Gasteiger partial charge on any atom is 0.243 e. The monoisotopic (exact) mass is 348 g/mol. The van der Waals surface area contributed by atoms with Crippen molar-refractivity contribution in [2.24, 2.45) is 0 Å². The molecule has 0 saturated carbocycles. The number of ether oxygens (including phenoxy) is 1. The van der Waals surface area contributed by atoms with Gasteiger partial charge >= 0.3 is 0 Å². The molecule has 0 aliphatic carbocycles. The lowest BCUT2D eigenvalue weighted by molar-refractivity contribution is 0.196. The van der Waals surface area contributed by atoms with Gasteiger partial charge < -0.3 is 9.64 Å². The summed E-state index contributed by atoms with van der Waals surface area (Å²) in [4.78, 5) is 2.63. The molecule has 0 spiro atoms. The molecule has 6 heteroatoms. The van der Waals surface area contributed by atoms with Gasteiger partial charge in [0.1, 0.15) is 5.75 Å². The fourth-order valence-corrected chi connectivity index (χ4v) is 4.51. The van der Waals surface area contributed by atoms with E-state index in [1.54, 1.807) is 16.4 Å². The molecule has 1 heterocycles. The number of benzene rings is 2. The minimum Gasteiger partial charge on any atom is -0.494 e. The van der Waals surface area contributed by atoms with Gasteiger partial charge in [0, 0.05) is 26.2 Å². The molecule has 0 N–H and O–H groups in total. The Kier molecular flexibility index (Phi) is 5.08. The highest BCUT2D eigenvalue weighted by Gasteiger charge is 2.28. The molecule has 0 unspecified atom stereocenters. The van der Waals surface area contributed by atoms with E-state index in [1.165, 1.54) is 0 Å². The van der Waals surface area contributed by atoms with Crippen LogP contribution in [-0.2, 0) is 10.0 Å². The molecule has 0 amide bonds. The lowest BCUT2D eigenvalue weighted by Gasteiger charge is -2.33. The number of hydrogen-bond acceptors (Lipinski definition) is 4. The molecule has 24 heavy (non-hydrogen) atoms. The Morgan fingerprint density at radius 1 is 0.958 bits per heavy atom. The molecule has 2 aromatic carbocycles. The Morgan fingerprint density at radius 3 is 2.29 bits per heavy atom. The summed E-state index contributed by atoms with van der Waals surface area (Å²) in [5.74, 6) is 0.802. The molecule has 1 aliphatic heterocycles. The predicted octanol–water partition coefficient (Wildman–Crippen LogP) is 2.56. The van der Waals surface area contributed by atoms with Crippen LogP contribution in [0.2, 0.25) is 0 Å². The Morgan fingerprint density at radius 2 is 1.62 bits per heavy atom. The van der Waals surface area contributed by atoms with Crippen molar-refractivity contribution >= 4 is 20.8 Å². The average Bonchev–Trinajstić information content (AvgIpc) is 2.61. The van der Waals surface area contributed by atoms with Gasteiger partial charge in [-0.25, -0.2) is 8.42 Å². The molecule has 130 valence electrons. The van der Waals surface area contributed by atoms with Gasteiger partial charge in [-0.15, -0.1) is 0 Å². The summed E-state index contributed by atoms with van der Waals surface area (Å²) in [6, 6.07) is 11.0. The van der Waals surface area contributed by atoms with Crippen molar-refractivity contribution in [3.63, 3.8) is 0 Å². The highest BCUT2D eigenvalue weighted by Crippen LogP contribution is 2.26. The van der Waals surface area contributed by atoms with Crippen LogP contribution in [0.4, 0.5) is 0 Å².